The second-order valence-corrected chi connectivity index (χ2v) is 18.6. The van der Waals surface area contributed by atoms with Crippen molar-refractivity contribution in [3.63, 3.8) is 0 Å². The maximum absolute atomic E-state index is 11.9. The number of hydrogen-bond donors (Lipinski definition) is 1. The number of nitrogens with zero attached hydrogens (tertiary/aromatic N) is 2. The Morgan fingerprint density at radius 1 is 0.979 bits per heavy atom. The first-order valence-corrected chi connectivity index (χ1v) is 19.8. The minimum absolute atomic E-state index is 0.0371. The average molecular weight is 659 g/mol. The predicted octanol–water partition coefficient (Wildman–Crippen LogP) is 7.50. The van der Waals surface area contributed by atoms with Gasteiger partial charge in [0.05, 0.1) is 40.5 Å². The van der Waals surface area contributed by atoms with Gasteiger partial charge in [-0.25, -0.2) is 4.79 Å². The zero-order chi connectivity index (χ0) is 33.2. The molecule has 1 saturated heterocycles. The van der Waals surface area contributed by atoms with E-state index in [0.717, 1.165) is 39.0 Å². The largest absolute Gasteiger partial charge is 0.491 e. The van der Waals surface area contributed by atoms with E-state index < -0.39 is 14.2 Å². The molecule has 10 heteroatoms. The third-order valence-corrected chi connectivity index (χ3v) is 11.3. The van der Waals surface area contributed by atoms with Crippen molar-refractivity contribution in [2.24, 2.45) is 0 Å². The highest BCUT2D eigenvalue weighted by atomic mass is 28.3. The highest BCUT2D eigenvalue weighted by Gasteiger charge is 2.33. The van der Waals surface area contributed by atoms with Crippen LogP contribution >= 0.6 is 0 Å². The van der Waals surface area contributed by atoms with Crippen LogP contribution in [0.25, 0.3) is 10.8 Å². The van der Waals surface area contributed by atoms with Gasteiger partial charge in [-0.05, 0) is 65.8 Å². The molecule has 47 heavy (non-hydrogen) atoms. The van der Waals surface area contributed by atoms with Crippen molar-refractivity contribution in [1.82, 2.24) is 9.88 Å². The number of rotatable bonds is 15. The van der Waals surface area contributed by atoms with Gasteiger partial charge in [-0.15, -0.1) is 0 Å². The number of benzene rings is 3. The van der Waals surface area contributed by atoms with E-state index in [1.165, 1.54) is 4.90 Å². The molecule has 3 aromatic carbocycles. The molecule has 0 bridgehead atoms. The second kappa shape index (κ2) is 16.2. The lowest BCUT2D eigenvalue weighted by molar-refractivity contribution is -0.0202. The van der Waals surface area contributed by atoms with E-state index in [0.29, 0.717) is 45.9 Å². The Kier molecular flexibility index (Phi) is 11.9. The summed E-state index contributed by atoms with van der Waals surface area (Å²) in [6.45, 7) is 11.6. The molecule has 4 aromatic rings. The van der Waals surface area contributed by atoms with Crippen LogP contribution < -0.4 is 9.47 Å². The minimum Gasteiger partial charge on any atom is -0.491 e. The summed E-state index contributed by atoms with van der Waals surface area (Å²) in [7, 11) is -1.45. The maximum atomic E-state index is 11.9. The van der Waals surface area contributed by atoms with Gasteiger partial charge >= 0.3 is 6.09 Å². The summed E-state index contributed by atoms with van der Waals surface area (Å²) in [5, 5.41) is 11.8. The lowest BCUT2D eigenvalue weighted by Crippen LogP contribution is -2.46. The molecule has 1 aliphatic heterocycles. The highest BCUT2D eigenvalue weighted by molar-refractivity contribution is 6.77. The van der Waals surface area contributed by atoms with E-state index in [9.17, 15) is 9.90 Å². The molecule has 0 aliphatic carbocycles. The maximum Gasteiger partial charge on any atom is 0.407 e. The zero-order valence-corrected chi connectivity index (χ0v) is 28.8. The molecule has 5 rings (SSSR count). The first kappa shape index (κ1) is 34.4. The monoisotopic (exact) mass is 658 g/mol. The van der Waals surface area contributed by atoms with Crippen molar-refractivity contribution < 1.29 is 33.6 Å². The van der Waals surface area contributed by atoms with Crippen LogP contribution in [-0.4, -0.2) is 74.1 Å². The number of amides is 1. The van der Waals surface area contributed by atoms with Crippen LogP contribution in [0, 0.1) is 0 Å². The molecule has 1 aromatic heterocycles. The average Bonchev–Trinajstić information content (AvgIpc) is 3.07. The Balaban J connectivity index is 1.22. The normalized spacial score (nSPS) is 17.4. The number of piperidine rings is 1. The molecule has 3 atom stereocenters. The van der Waals surface area contributed by atoms with Gasteiger partial charge in [-0.3, -0.25) is 4.98 Å². The van der Waals surface area contributed by atoms with Crippen molar-refractivity contribution in [1.29, 1.82) is 0 Å². The molecule has 1 N–H and O–H groups in total. The van der Waals surface area contributed by atoms with Gasteiger partial charge in [0, 0.05) is 36.0 Å². The van der Waals surface area contributed by atoms with Crippen LogP contribution in [0.15, 0.2) is 85.2 Å². The van der Waals surface area contributed by atoms with Crippen LogP contribution in [0.1, 0.15) is 36.0 Å². The SMILES string of the molecule is CC(OCOc1cc(COC2CN(C(=O)O)CCC2c2ccc(OCCOCc3cccnc3)cc2)cc2ccccc12)[Si](C)(C)C. The lowest BCUT2D eigenvalue weighted by atomic mass is 9.87. The summed E-state index contributed by atoms with van der Waals surface area (Å²) < 4.78 is 30.3. The Morgan fingerprint density at radius 3 is 2.53 bits per heavy atom. The van der Waals surface area contributed by atoms with E-state index in [-0.39, 0.29) is 24.5 Å². The number of ether oxygens (including phenoxy) is 5. The van der Waals surface area contributed by atoms with Crippen LogP contribution in [0.2, 0.25) is 19.6 Å². The van der Waals surface area contributed by atoms with Crippen LogP contribution in [-0.2, 0) is 27.4 Å². The predicted molar refractivity (Wildman–Crippen MR) is 185 cm³/mol. The van der Waals surface area contributed by atoms with E-state index in [1.54, 1.807) is 12.4 Å². The number of hydrogen-bond acceptors (Lipinski definition) is 7. The van der Waals surface area contributed by atoms with E-state index in [2.05, 4.69) is 43.7 Å². The van der Waals surface area contributed by atoms with E-state index >= 15 is 0 Å². The fraction of sp³-hybridized carbons (Fsp3) is 0.405. The van der Waals surface area contributed by atoms with Crippen LogP contribution in [0.4, 0.5) is 4.79 Å². The summed E-state index contributed by atoms with van der Waals surface area (Å²) in [5.41, 5.74) is 3.24. The highest BCUT2D eigenvalue weighted by Crippen LogP contribution is 2.34. The first-order valence-electron chi connectivity index (χ1n) is 16.2. The van der Waals surface area contributed by atoms with Crippen LogP contribution in [0.5, 0.6) is 11.5 Å². The van der Waals surface area contributed by atoms with Crippen molar-refractivity contribution >= 4 is 24.9 Å². The summed E-state index contributed by atoms with van der Waals surface area (Å²) in [5.74, 6) is 1.54. The molecule has 2 heterocycles. The molecule has 0 spiro atoms. The van der Waals surface area contributed by atoms with Gasteiger partial charge in [-0.1, -0.05) is 62.1 Å². The number of aromatic nitrogens is 1. The van der Waals surface area contributed by atoms with Gasteiger partial charge < -0.3 is 33.7 Å². The fourth-order valence-electron chi connectivity index (χ4n) is 5.53. The fourth-order valence-corrected chi connectivity index (χ4v) is 6.10. The molecule has 1 aliphatic rings. The van der Waals surface area contributed by atoms with Crippen molar-refractivity contribution in [2.45, 2.75) is 63.9 Å². The van der Waals surface area contributed by atoms with Crippen molar-refractivity contribution in [3.05, 3.63) is 102 Å². The van der Waals surface area contributed by atoms with Crippen molar-refractivity contribution in [2.75, 3.05) is 33.1 Å². The number of fused-ring (bicyclic) bond motifs is 1. The van der Waals surface area contributed by atoms with E-state index in [1.807, 2.05) is 60.7 Å². The molecule has 1 amide bonds. The Bertz CT molecular complexity index is 1580. The Labute approximate surface area is 278 Å². The van der Waals surface area contributed by atoms with E-state index in [4.69, 9.17) is 23.7 Å². The zero-order valence-electron chi connectivity index (χ0n) is 27.8. The minimum atomic E-state index is -1.45. The number of likely N-dealkylation sites (tertiary alicyclic amines) is 1. The molecule has 1 fully saturated rings. The topological polar surface area (TPSA) is 99.6 Å². The summed E-state index contributed by atoms with van der Waals surface area (Å²) in [6.07, 6.45) is 2.95. The first-order chi connectivity index (χ1) is 22.7. The third-order valence-electron chi connectivity index (χ3n) is 8.73. The van der Waals surface area contributed by atoms with Gasteiger partial charge in [-0.2, -0.15) is 0 Å². The second-order valence-electron chi connectivity index (χ2n) is 13.1. The number of pyridine rings is 1. The van der Waals surface area contributed by atoms with Gasteiger partial charge in [0.2, 0.25) is 0 Å². The Morgan fingerprint density at radius 2 is 1.79 bits per heavy atom. The molecule has 0 saturated carbocycles. The lowest BCUT2D eigenvalue weighted by Gasteiger charge is -2.37. The molecule has 9 nitrogen and oxygen atoms in total. The number of carbonyl (C=O) groups is 1. The quantitative estimate of drug-likeness (QED) is 0.0797. The molecule has 0 radical (unpaired) electrons. The Hall–Kier alpha value is -3.96. The summed E-state index contributed by atoms with van der Waals surface area (Å²) in [6, 6.07) is 24.1. The number of carboxylic acid groups (broad SMARTS) is 1. The van der Waals surface area contributed by atoms with Gasteiger partial charge in [0.1, 0.15) is 18.1 Å². The smallest absolute Gasteiger partial charge is 0.407 e. The summed E-state index contributed by atoms with van der Waals surface area (Å²) >= 11 is 0. The molecular formula is C37H46N2O7Si. The molecule has 250 valence electrons. The molecular weight excluding hydrogens is 613 g/mol. The van der Waals surface area contributed by atoms with Gasteiger partial charge in [0.25, 0.3) is 0 Å². The van der Waals surface area contributed by atoms with Gasteiger partial charge in [0.15, 0.2) is 6.79 Å². The molecule has 3 unspecified atom stereocenters. The van der Waals surface area contributed by atoms with Crippen LogP contribution in [0.3, 0.4) is 0 Å². The standard InChI is InChI=1S/C37H46N2O7Si/c1-27(47(2,3)4)45-26-46-35-21-29(20-31-9-5-6-10-33(31)35)25-44-36-23-39(37(40)41)17-15-34(36)30-11-13-32(14-12-30)43-19-18-42-24-28-8-7-16-38-22-28/h5-14,16,20-22,27,34,36H,15,17-19,23-26H2,1-4H3,(H,40,41). The van der Waals surface area contributed by atoms with Crippen molar-refractivity contribution in [3.8, 4) is 11.5 Å². The summed E-state index contributed by atoms with van der Waals surface area (Å²) in [4.78, 5) is 17.4. The third kappa shape index (κ3) is 9.77.